The van der Waals surface area contributed by atoms with Gasteiger partial charge in [-0.15, -0.1) is 0 Å². The molecule has 2 rings (SSSR count). The third kappa shape index (κ3) is 7.95. The molecule has 6 heteroatoms. The molecular formula is C23H32N4O2. The van der Waals surface area contributed by atoms with Gasteiger partial charge in [0.1, 0.15) is 0 Å². The topological polar surface area (TPSA) is 74.8 Å². The Hall–Kier alpha value is -2.86. The molecule has 0 aliphatic carbocycles. The van der Waals surface area contributed by atoms with Gasteiger partial charge in [0.05, 0.1) is 6.10 Å². The predicted octanol–water partition coefficient (Wildman–Crippen LogP) is 3.27. The van der Waals surface area contributed by atoms with Gasteiger partial charge in [-0.05, 0) is 43.5 Å². The van der Waals surface area contributed by atoms with Crippen molar-refractivity contribution in [2.75, 3.05) is 26.7 Å². The van der Waals surface area contributed by atoms with E-state index >= 15 is 0 Å². The minimum absolute atomic E-state index is 0.0541. The summed E-state index contributed by atoms with van der Waals surface area (Å²) in [7, 11) is 1.74. The lowest BCUT2D eigenvalue weighted by Gasteiger charge is -2.15. The average Bonchev–Trinajstić information content (AvgIpc) is 2.76. The lowest BCUT2D eigenvalue weighted by atomic mass is 10.1. The first-order valence-corrected chi connectivity index (χ1v) is 10.1. The van der Waals surface area contributed by atoms with Gasteiger partial charge in [0, 0.05) is 38.9 Å². The van der Waals surface area contributed by atoms with Gasteiger partial charge >= 0.3 is 0 Å². The zero-order valence-electron chi connectivity index (χ0n) is 17.6. The normalized spacial score (nSPS) is 12.3. The van der Waals surface area contributed by atoms with Gasteiger partial charge in [-0.2, -0.15) is 0 Å². The summed E-state index contributed by atoms with van der Waals surface area (Å²) < 4.78 is 5.89. The van der Waals surface area contributed by atoms with Crippen molar-refractivity contribution in [2.45, 2.75) is 32.9 Å². The molecule has 0 aliphatic rings. The lowest BCUT2D eigenvalue weighted by Crippen LogP contribution is -2.37. The molecule has 3 N–H and O–H groups in total. The van der Waals surface area contributed by atoms with Gasteiger partial charge in [0.2, 0.25) is 0 Å². The third-order valence-corrected chi connectivity index (χ3v) is 4.46. The summed E-state index contributed by atoms with van der Waals surface area (Å²) in [5, 5.41) is 9.38. The van der Waals surface area contributed by atoms with E-state index in [1.807, 2.05) is 49.4 Å². The molecule has 0 fully saturated rings. The van der Waals surface area contributed by atoms with Crippen LogP contribution in [-0.4, -0.2) is 38.6 Å². The maximum absolute atomic E-state index is 12.0. The molecule has 29 heavy (non-hydrogen) atoms. The largest absolute Gasteiger partial charge is 0.374 e. The van der Waals surface area contributed by atoms with Gasteiger partial charge < -0.3 is 20.7 Å². The number of amides is 1. The fraction of sp³-hybridized carbons (Fsp3) is 0.391. The van der Waals surface area contributed by atoms with Crippen LogP contribution in [-0.2, 0) is 11.3 Å². The SMILES string of the molecule is CCNC(=O)c1cccc(CNC(=NC)NCCCOC(C)c2ccccc2)c1. The minimum Gasteiger partial charge on any atom is -0.374 e. The molecule has 0 spiro atoms. The van der Waals surface area contributed by atoms with Gasteiger partial charge in [-0.3, -0.25) is 9.79 Å². The number of hydrogen-bond acceptors (Lipinski definition) is 3. The monoisotopic (exact) mass is 396 g/mol. The van der Waals surface area contributed by atoms with Crippen molar-refractivity contribution >= 4 is 11.9 Å². The Bertz CT molecular complexity index is 777. The first kappa shape index (κ1) is 22.4. The lowest BCUT2D eigenvalue weighted by molar-refractivity contribution is 0.0646. The molecule has 0 heterocycles. The van der Waals surface area contributed by atoms with Crippen molar-refractivity contribution in [2.24, 2.45) is 4.99 Å². The third-order valence-electron chi connectivity index (χ3n) is 4.46. The van der Waals surface area contributed by atoms with Crippen LogP contribution in [0.4, 0.5) is 0 Å². The number of guanidine groups is 1. The van der Waals surface area contributed by atoms with Crippen LogP contribution in [0.2, 0.25) is 0 Å². The fourth-order valence-electron chi connectivity index (χ4n) is 2.85. The summed E-state index contributed by atoms with van der Waals surface area (Å²) >= 11 is 0. The second kappa shape index (κ2) is 12.6. The van der Waals surface area contributed by atoms with Gasteiger partial charge in [0.25, 0.3) is 5.91 Å². The van der Waals surface area contributed by atoms with Crippen LogP contribution in [0.3, 0.4) is 0 Å². The number of rotatable bonds is 10. The molecule has 0 saturated heterocycles. The molecule has 2 aromatic rings. The van der Waals surface area contributed by atoms with E-state index in [-0.39, 0.29) is 12.0 Å². The van der Waals surface area contributed by atoms with Gasteiger partial charge in [-0.25, -0.2) is 0 Å². The Kier molecular flexibility index (Phi) is 9.72. The molecule has 6 nitrogen and oxygen atoms in total. The van der Waals surface area contributed by atoms with E-state index in [1.165, 1.54) is 5.56 Å². The molecule has 0 bridgehead atoms. The van der Waals surface area contributed by atoms with E-state index in [0.717, 1.165) is 24.5 Å². The molecule has 1 atom stereocenters. The first-order valence-electron chi connectivity index (χ1n) is 10.1. The zero-order valence-corrected chi connectivity index (χ0v) is 17.6. The van der Waals surface area contributed by atoms with Crippen LogP contribution in [0, 0.1) is 0 Å². The molecule has 1 amide bonds. The molecule has 156 valence electrons. The highest BCUT2D eigenvalue weighted by molar-refractivity contribution is 5.94. The second-order valence-corrected chi connectivity index (χ2v) is 6.69. The van der Waals surface area contributed by atoms with Crippen molar-refractivity contribution in [3.8, 4) is 0 Å². The minimum atomic E-state index is -0.0541. The van der Waals surface area contributed by atoms with Crippen LogP contribution in [0.1, 0.15) is 47.9 Å². The Balaban J connectivity index is 1.69. The van der Waals surface area contributed by atoms with Crippen LogP contribution in [0.25, 0.3) is 0 Å². The number of benzene rings is 2. The number of ether oxygens (including phenoxy) is 1. The maximum atomic E-state index is 12.0. The van der Waals surface area contributed by atoms with Crippen LogP contribution < -0.4 is 16.0 Å². The second-order valence-electron chi connectivity index (χ2n) is 6.69. The van der Waals surface area contributed by atoms with Crippen molar-refractivity contribution < 1.29 is 9.53 Å². The van der Waals surface area contributed by atoms with Crippen molar-refractivity contribution in [1.29, 1.82) is 0 Å². The van der Waals surface area contributed by atoms with E-state index in [0.29, 0.717) is 25.3 Å². The van der Waals surface area contributed by atoms with Crippen molar-refractivity contribution in [1.82, 2.24) is 16.0 Å². The summed E-state index contributed by atoms with van der Waals surface area (Å²) in [5.41, 5.74) is 2.88. The summed E-state index contributed by atoms with van der Waals surface area (Å²) in [4.78, 5) is 16.2. The number of aliphatic imine (C=N–C) groups is 1. The zero-order chi connectivity index (χ0) is 20.9. The molecule has 0 aromatic heterocycles. The van der Waals surface area contributed by atoms with Crippen LogP contribution in [0.15, 0.2) is 59.6 Å². The molecule has 0 saturated carbocycles. The van der Waals surface area contributed by atoms with E-state index < -0.39 is 0 Å². The number of nitrogens with zero attached hydrogens (tertiary/aromatic N) is 1. The van der Waals surface area contributed by atoms with Crippen molar-refractivity contribution in [3.05, 3.63) is 71.3 Å². The molecule has 2 aromatic carbocycles. The highest BCUT2D eigenvalue weighted by Crippen LogP contribution is 2.15. The number of carbonyl (C=O) groups excluding carboxylic acids is 1. The van der Waals surface area contributed by atoms with E-state index in [2.05, 4.69) is 40.0 Å². The van der Waals surface area contributed by atoms with E-state index in [4.69, 9.17) is 4.74 Å². The fourth-order valence-corrected chi connectivity index (χ4v) is 2.85. The smallest absolute Gasteiger partial charge is 0.251 e. The quantitative estimate of drug-likeness (QED) is 0.327. The summed E-state index contributed by atoms with van der Waals surface area (Å²) in [6, 6.07) is 17.8. The number of hydrogen-bond donors (Lipinski definition) is 3. The standard InChI is InChI=1S/C23H32N4O2/c1-4-25-22(28)21-13-8-10-19(16-21)17-27-23(24-3)26-14-9-15-29-18(2)20-11-6-5-7-12-20/h5-8,10-13,16,18H,4,9,14-15,17H2,1-3H3,(H,25,28)(H2,24,26,27). The predicted molar refractivity (Wildman–Crippen MR) is 118 cm³/mol. The average molecular weight is 397 g/mol. The van der Waals surface area contributed by atoms with Crippen LogP contribution >= 0.6 is 0 Å². The molecule has 1 unspecified atom stereocenters. The van der Waals surface area contributed by atoms with Gasteiger partial charge in [-0.1, -0.05) is 42.5 Å². The Morgan fingerprint density at radius 3 is 2.59 bits per heavy atom. The maximum Gasteiger partial charge on any atom is 0.251 e. The number of nitrogens with one attached hydrogen (secondary N) is 3. The van der Waals surface area contributed by atoms with E-state index in [9.17, 15) is 4.79 Å². The summed E-state index contributed by atoms with van der Waals surface area (Å²) in [6.45, 7) is 6.62. The highest BCUT2D eigenvalue weighted by atomic mass is 16.5. The molecule has 0 radical (unpaired) electrons. The van der Waals surface area contributed by atoms with Crippen LogP contribution in [0.5, 0.6) is 0 Å². The molecule has 0 aliphatic heterocycles. The summed E-state index contributed by atoms with van der Waals surface area (Å²) in [6.07, 6.45) is 0.968. The number of carbonyl (C=O) groups is 1. The Labute approximate surface area is 173 Å². The highest BCUT2D eigenvalue weighted by Gasteiger charge is 2.06. The van der Waals surface area contributed by atoms with E-state index in [1.54, 1.807) is 7.05 Å². The first-order chi connectivity index (χ1) is 14.1. The van der Waals surface area contributed by atoms with Gasteiger partial charge in [0.15, 0.2) is 5.96 Å². The Morgan fingerprint density at radius 2 is 1.86 bits per heavy atom. The Morgan fingerprint density at radius 1 is 1.07 bits per heavy atom. The summed E-state index contributed by atoms with van der Waals surface area (Å²) in [5.74, 6) is 0.672. The molecular weight excluding hydrogens is 364 g/mol. The van der Waals surface area contributed by atoms with Crippen molar-refractivity contribution in [3.63, 3.8) is 0 Å².